The van der Waals surface area contributed by atoms with Crippen LogP contribution in [0.15, 0.2) is 12.4 Å². The molecule has 0 aromatic carbocycles. The molecule has 0 spiro atoms. The van der Waals surface area contributed by atoms with Crippen molar-refractivity contribution >= 4 is 5.91 Å². The molecule has 0 aliphatic heterocycles. The molecule has 2 aromatic heterocycles. The Morgan fingerprint density at radius 1 is 1.62 bits per heavy atom. The summed E-state index contributed by atoms with van der Waals surface area (Å²) >= 11 is 0. The van der Waals surface area contributed by atoms with Crippen LogP contribution in [0, 0.1) is 6.92 Å². The van der Waals surface area contributed by atoms with Crippen molar-refractivity contribution in [3.63, 3.8) is 0 Å². The number of aromatic amines is 1. The van der Waals surface area contributed by atoms with E-state index in [0.29, 0.717) is 12.4 Å². The molecule has 2 N–H and O–H groups in total. The molecule has 0 saturated heterocycles. The third-order valence-corrected chi connectivity index (χ3v) is 2.01. The molecule has 0 saturated carbocycles. The Kier molecular flexibility index (Phi) is 2.67. The zero-order valence-electron chi connectivity index (χ0n) is 9.06. The third kappa shape index (κ3) is 2.25. The van der Waals surface area contributed by atoms with Crippen molar-refractivity contribution in [2.75, 3.05) is 0 Å². The predicted octanol–water partition coefficient (Wildman–Crippen LogP) is -0.223. The van der Waals surface area contributed by atoms with Gasteiger partial charge in [0.2, 0.25) is 5.82 Å². The second-order valence-electron chi connectivity index (χ2n) is 3.45. The molecule has 7 nitrogen and oxygen atoms in total. The number of carbonyl (C=O) groups excluding carboxylic acids is 1. The highest BCUT2D eigenvalue weighted by Crippen LogP contribution is 1.96. The summed E-state index contributed by atoms with van der Waals surface area (Å²) in [6.45, 7) is 2.16. The summed E-state index contributed by atoms with van der Waals surface area (Å²) in [5.74, 6) is 0.473. The van der Waals surface area contributed by atoms with Gasteiger partial charge < -0.3 is 5.32 Å². The lowest BCUT2D eigenvalue weighted by Gasteiger charge is -1.98. The van der Waals surface area contributed by atoms with Crippen molar-refractivity contribution in [3.8, 4) is 0 Å². The number of nitrogens with one attached hydrogen (secondary N) is 2. The van der Waals surface area contributed by atoms with Crippen molar-refractivity contribution in [1.82, 2.24) is 30.3 Å². The van der Waals surface area contributed by atoms with Gasteiger partial charge >= 0.3 is 0 Å². The van der Waals surface area contributed by atoms with Crippen molar-refractivity contribution in [3.05, 3.63) is 29.6 Å². The Labute approximate surface area is 91.9 Å². The minimum atomic E-state index is -0.298. The normalized spacial score (nSPS) is 10.4. The van der Waals surface area contributed by atoms with E-state index in [0.717, 1.165) is 5.56 Å². The molecular formula is C9H12N6O. The number of aryl methyl sites for hydroxylation is 2. The van der Waals surface area contributed by atoms with Crippen molar-refractivity contribution in [1.29, 1.82) is 0 Å². The molecule has 0 atom stereocenters. The van der Waals surface area contributed by atoms with Crippen LogP contribution in [0.5, 0.6) is 0 Å². The van der Waals surface area contributed by atoms with Crippen LogP contribution in [0.3, 0.4) is 0 Å². The van der Waals surface area contributed by atoms with Gasteiger partial charge in [-0.2, -0.15) is 5.10 Å². The summed E-state index contributed by atoms with van der Waals surface area (Å²) < 4.78 is 1.68. The van der Waals surface area contributed by atoms with E-state index in [4.69, 9.17) is 0 Å². The topological polar surface area (TPSA) is 88.5 Å². The van der Waals surface area contributed by atoms with Crippen LogP contribution in [0.25, 0.3) is 0 Å². The van der Waals surface area contributed by atoms with Gasteiger partial charge in [0.1, 0.15) is 5.82 Å². The van der Waals surface area contributed by atoms with Gasteiger partial charge in [-0.3, -0.25) is 14.6 Å². The number of carbonyl (C=O) groups is 1. The van der Waals surface area contributed by atoms with E-state index in [1.165, 1.54) is 0 Å². The van der Waals surface area contributed by atoms with Crippen molar-refractivity contribution in [2.24, 2.45) is 7.05 Å². The van der Waals surface area contributed by atoms with E-state index in [2.05, 4.69) is 25.6 Å². The molecule has 84 valence electrons. The number of hydrogen-bond donors (Lipinski definition) is 2. The Morgan fingerprint density at radius 2 is 2.44 bits per heavy atom. The van der Waals surface area contributed by atoms with Gasteiger partial charge in [0.05, 0.1) is 6.20 Å². The SMILES string of the molecule is Cc1nc(C(=O)NCc2cnn(C)c2)n[nH]1. The van der Waals surface area contributed by atoms with E-state index in [1.807, 2.05) is 13.2 Å². The smallest absolute Gasteiger partial charge is 0.291 e. The van der Waals surface area contributed by atoms with Gasteiger partial charge in [-0.1, -0.05) is 0 Å². The van der Waals surface area contributed by atoms with Crippen LogP contribution in [-0.4, -0.2) is 30.9 Å². The molecule has 2 aromatic rings. The van der Waals surface area contributed by atoms with Crippen LogP contribution in [0.2, 0.25) is 0 Å². The van der Waals surface area contributed by atoms with Gasteiger partial charge in [-0.15, -0.1) is 5.10 Å². The minimum Gasteiger partial charge on any atom is -0.345 e. The lowest BCUT2D eigenvalue weighted by atomic mass is 10.3. The number of amides is 1. The first-order valence-corrected chi connectivity index (χ1v) is 4.80. The fraction of sp³-hybridized carbons (Fsp3) is 0.333. The summed E-state index contributed by atoms with van der Waals surface area (Å²) in [5.41, 5.74) is 0.933. The first-order valence-electron chi connectivity index (χ1n) is 4.80. The van der Waals surface area contributed by atoms with E-state index < -0.39 is 0 Å². The zero-order chi connectivity index (χ0) is 11.5. The van der Waals surface area contributed by atoms with E-state index >= 15 is 0 Å². The highest BCUT2D eigenvalue weighted by atomic mass is 16.2. The first-order chi connectivity index (χ1) is 7.65. The molecule has 7 heteroatoms. The number of H-pyrrole nitrogens is 1. The quantitative estimate of drug-likeness (QED) is 0.748. The number of aromatic nitrogens is 5. The maximum absolute atomic E-state index is 11.6. The zero-order valence-corrected chi connectivity index (χ0v) is 9.06. The number of hydrogen-bond acceptors (Lipinski definition) is 4. The fourth-order valence-corrected chi connectivity index (χ4v) is 1.27. The van der Waals surface area contributed by atoms with Crippen molar-refractivity contribution in [2.45, 2.75) is 13.5 Å². The number of nitrogens with zero attached hydrogens (tertiary/aromatic N) is 4. The molecular weight excluding hydrogens is 208 g/mol. The molecule has 0 bridgehead atoms. The lowest BCUT2D eigenvalue weighted by Crippen LogP contribution is -2.23. The monoisotopic (exact) mass is 220 g/mol. The first kappa shape index (κ1) is 10.3. The summed E-state index contributed by atoms with van der Waals surface area (Å²) in [6.07, 6.45) is 3.53. The van der Waals surface area contributed by atoms with Gasteiger partial charge in [0, 0.05) is 25.4 Å². The predicted molar refractivity (Wildman–Crippen MR) is 55.5 cm³/mol. The van der Waals surface area contributed by atoms with E-state index in [1.54, 1.807) is 17.8 Å². The highest BCUT2D eigenvalue weighted by molar-refractivity contribution is 5.90. The van der Waals surface area contributed by atoms with E-state index in [9.17, 15) is 4.79 Å². The molecule has 0 aliphatic carbocycles. The average Bonchev–Trinajstić information content (AvgIpc) is 2.84. The number of rotatable bonds is 3. The summed E-state index contributed by atoms with van der Waals surface area (Å²) in [5, 5.41) is 13.1. The average molecular weight is 220 g/mol. The molecule has 1 amide bonds. The molecule has 0 aliphatic rings. The molecule has 2 rings (SSSR count). The lowest BCUT2D eigenvalue weighted by molar-refractivity contribution is 0.0941. The molecule has 2 heterocycles. The van der Waals surface area contributed by atoms with E-state index in [-0.39, 0.29) is 11.7 Å². The van der Waals surface area contributed by atoms with Gasteiger partial charge in [0.25, 0.3) is 5.91 Å². The Bertz CT molecular complexity index is 500. The van der Waals surface area contributed by atoms with Gasteiger partial charge in [-0.05, 0) is 6.92 Å². The summed E-state index contributed by atoms with van der Waals surface area (Å²) in [4.78, 5) is 15.5. The van der Waals surface area contributed by atoms with Crippen LogP contribution < -0.4 is 5.32 Å². The second-order valence-corrected chi connectivity index (χ2v) is 3.45. The third-order valence-electron chi connectivity index (χ3n) is 2.01. The second kappa shape index (κ2) is 4.13. The van der Waals surface area contributed by atoms with Crippen LogP contribution >= 0.6 is 0 Å². The largest absolute Gasteiger partial charge is 0.345 e. The van der Waals surface area contributed by atoms with Crippen LogP contribution in [0.4, 0.5) is 0 Å². The fourth-order valence-electron chi connectivity index (χ4n) is 1.27. The summed E-state index contributed by atoms with van der Waals surface area (Å²) in [6, 6.07) is 0. The van der Waals surface area contributed by atoms with Crippen molar-refractivity contribution < 1.29 is 4.79 Å². The standard InChI is InChI=1S/C9H12N6O/c1-6-12-8(14-13-6)9(16)10-3-7-4-11-15(2)5-7/h4-5H,3H2,1-2H3,(H,10,16)(H,12,13,14). The van der Waals surface area contributed by atoms with Gasteiger partial charge in [-0.25, -0.2) is 4.98 Å². The summed E-state index contributed by atoms with van der Waals surface area (Å²) in [7, 11) is 1.82. The maximum Gasteiger partial charge on any atom is 0.291 e. The molecule has 0 radical (unpaired) electrons. The van der Waals surface area contributed by atoms with Gasteiger partial charge in [0.15, 0.2) is 0 Å². The molecule has 0 unspecified atom stereocenters. The Hall–Kier alpha value is -2.18. The molecule has 0 fully saturated rings. The highest BCUT2D eigenvalue weighted by Gasteiger charge is 2.10. The molecule has 16 heavy (non-hydrogen) atoms. The van der Waals surface area contributed by atoms with Crippen LogP contribution in [-0.2, 0) is 13.6 Å². The minimum absolute atomic E-state index is 0.154. The Morgan fingerprint density at radius 3 is 3.00 bits per heavy atom. The van der Waals surface area contributed by atoms with Crippen LogP contribution in [0.1, 0.15) is 22.0 Å². The Balaban J connectivity index is 1.93. The maximum atomic E-state index is 11.6.